The number of hydrogen-bond acceptors (Lipinski definition) is 6. The first-order valence-corrected chi connectivity index (χ1v) is 5.16. The van der Waals surface area contributed by atoms with Gasteiger partial charge < -0.3 is 20.1 Å². The summed E-state index contributed by atoms with van der Waals surface area (Å²) in [5.74, 6) is 0. The lowest BCUT2D eigenvalue weighted by Gasteiger charge is -2.13. The molecule has 0 aliphatic carbocycles. The molecule has 1 aromatic rings. The summed E-state index contributed by atoms with van der Waals surface area (Å²) < 4.78 is 5.30. The van der Waals surface area contributed by atoms with Gasteiger partial charge in [-0.25, -0.2) is 0 Å². The van der Waals surface area contributed by atoms with Crippen LogP contribution in [0.3, 0.4) is 0 Å². The third kappa shape index (κ3) is 2.14. The van der Waals surface area contributed by atoms with Crippen LogP contribution in [-0.4, -0.2) is 45.2 Å². The van der Waals surface area contributed by atoms with Gasteiger partial charge in [-0.1, -0.05) is 0 Å². The van der Waals surface area contributed by atoms with Crippen molar-refractivity contribution in [1.82, 2.24) is 4.98 Å². The Morgan fingerprint density at radius 3 is 2.76 bits per heavy atom. The highest BCUT2D eigenvalue weighted by Crippen LogP contribution is 2.32. The van der Waals surface area contributed by atoms with E-state index in [1.54, 1.807) is 0 Å². The van der Waals surface area contributed by atoms with E-state index in [-0.39, 0.29) is 6.61 Å². The van der Waals surface area contributed by atoms with Gasteiger partial charge in [0, 0.05) is 6.20 Å². The molecule has 4 atom stereocenters. The molecule has 0 bridgehead atoms. The Balaban J connectivity index is 2.26. The van der Waals surface area contributed by atoms with Crippen molar-refractivity contribution in [1.29, 1.82) is 5.26 Å². The monoisotopic (exact) mass is 236 g/mol. The van der Waals surface area contributed by atoms with Gasteiger partial charge in [-0.3, -0.25) is 4.98 Å². The van der Waals surface area contributed by atoms with Gasteiger partial charge >= 0.3 is 0 Å². The van der Waals surface area contributed by atoms with E-state index >= 15 is 0 Å². The highest BCUT2D eigenvalue weighted by atomic mass is 16.6. The second-order valence-corrected chi connectivity index (χ2v) is 3.84. The van der Waals surface area contributed by atoms with E-state index in [4.69, 9.17) is 15.1 Å². The molecule has 0 aromatic carbocycles. The third-order valence-electron chi connectivity index (χ3n) is 2.74. The van der Waals surface area contributed by atoms with Gasteiger partial charge in [-0.15, -0.1) is 0 Å². The van der Waals surface area contributed by atoms with E-state index in [0.717, 1.165) is 0 Å². The van der Waals surface area contributed by atoms with Crippen LogP contribution in [0, 0.1) is 11.3 Å². The number of ether oxygens (including phenoxy) is 1. The van der Waals surface area contributed by atoms with E-state index in [1.165, 1.54) is 18.3 Å². The summed E-state index contributed by atoms with van der Waals surface area (Å²) in [7, 11) is 0. The molecular weight excluding hydrogens is 224 g/mol. The van der Waals surface area contributed by atoms with Crippen molar-refractivity contribution in [3.05, 3.63) is 29.6 Å². The Hall–Kier alpha value is -1.52. The topological polar surface area (TPSA) is 107 Å². The summed E-state index contributed by atoms with van der Waals surface area (Å²) in [5, 5.41) is 37.1. The number of pyridine rings is 1. The zero-order valence-electron chi connectivity index (χ0n) is 8.89. The summed E-state index contributed by atoms with van der Waals surface area (Å²) in [4.78, 5) is 3.99. The lowest BCUT2D eigenvalue weighted by Crippen LogP contribution is -2.32. The quantitative estimate of drug-likeness (QED) is 0.614. The summed E-state index contributed by atoms with van der Waals surface area (Å²) in [6.45, 7) is -0.382. The Bertz CT molecular complexity index is 445. The van der Waals surface area contributed by atoms with E-state index < -0.39 is 24.4 Å². The van der Waals surface area contributed by atoms with E-state index in [2.05, 4.69) is 4.98 Å². The third-order valence-corrected chi connectivity index (χ3v) is 2.74. The van der Waals surface area contributed by atoms with Crippen LogP contribution in [0.5, 0.6) is 0 Å². The van der Waals surface area contributed by atoms with Gasteiger partial charge in [-0.2, -0.15) is 5.26 Å². The van der Waals surface area contributed by atoms with Gasteiger partial charge in [0.15, 0.2) is 0 Å². The van der Waals surface area contributed by atoms with Gasteiger partial charge in [0.2, 0.25) is 0 Å². The number of aliphatic hydroxyl groups excluding tert-OH is 3. The zero-order chi connectivity index (χ0) is 12.4. The zero-order valence-corrected chi connectivity index (χ0v) is 8.89. The Labute approximate surface area is 97.7 Å². The molecular formula is C11H12N2O4. The maximum Gasteiger partial charge on any atom is 0.128 e. The number of aliphatic hydroxyl groups is 3. The lowest BCUT2D eigenvalue weighted by molar-refractivity contribution is -0.0239. The Morgan fingerprint density at radius 2 is 2.18 bits per heavy atom. The molecule has 2 rings (SSSR count). The van der Waals surface area contributed by atoms with E-state index in [0.29, 0.717) is 11.3 Å². The molecule has 1 aromatic heterocycles. The highest BCUT2D eigenvalue weighted by Gasteiger charge is 2.43. The maximum absolute atomic E-state index is 9.77. The van der Waals surface area contributed by atoms with Gasteiger partial charge in [0.1, 0.15) is 24.4 Å². The van der Waals surface area contributed by atoms with Crippen molar-refractivity contribution in [3.8, 4) is 6.07 Å². The van der Waals surface area contributed by atoms with Crippen molar-refractivity contribution in [3.63, 3.8) is 0 Å². The fourth-order valence-electron chi connectivity index (χ4n) is 1.82. The van der Waals surface area contributed by atoms with Crippen LogP contribution in [0.15, 0.2) is 18.3 Å². The molecule has 6 nitrogen and oxygen atoms in total. The fourth-order valence-corrected chi connectivity index (χ4v) is 1.82. The maximum atomic E-state index is 9.77. The van der Waals surface area contributed by atoms with Crippen LogP contribution in [0.25, 0.3) is 0 Å². The van der Waals surface area contributed by atoms with Crippen LogP contribution in [0.1, 0.15) is 17.4 Å². The van der Waals surface area contributed by atoms with E-state index in [1.807, 2.05) is 6.07 Å². The van der Waals surface area contributed by atoms with Crippen LogP contribution < -0.4 is 0 Å². The summed E-state index contributed by atoms with van der Waals surface area (Å²) >= 11 is 0. The van der Waals surface area contributed by atoms with Gasteiger partial charge in [0.25, 0.3) is 0 Å². The van der Waals surface area contributed by atoms with Gasteiger partial charge in [-0.05, 0) is 12.1 Å². The average Bonchev–Trinajstić information content (AvgIpc) is 2.66. The molecule has 1 unspecified atom stereocenters. The van der Waals surface area contributed by atoms with Crippen molar-refractivity contribution < 1.29 is 20.1 Å². The molecule has 0 radical (unpaired) electrons. The normalized spacial score (nSPS) is 32.4. The molecule has 2 heterocycles. The second kappa shape index (κ2) is 4.77. The molecule has 1 saturated heterocycles. The smallest absolute Gasteiger partial charge is 0.128 e. The predicted octanol–water partition coefficient (Wildman–Crippen LogP) is -0.893. The first kappa shape index (κ1) is 12.0. The molecule has 0 saturated carbocycles. The molecule has 1 fully saturated rings. The highest BCUT2D eigenvalue weighted by molar-refractivity contribution is 5.30. The number of nitriles is 1. The number of hydrogen-bond donors (Lipinski definition) is 3. The SMILES string of the molecule is N#Cc1ccnc(C2O[C@H](CO)[C@@H](O)[C@H]2O)c1. The number of rotatable bonds is 2. The predicted molar refractivity (Wildman–Crippen MR) is 55.7 cm³/mol. The minimum Gasteiger partial charge on any atom is -0.394 e. The fraction of sp³-hybridized carbons (Fsp3) is 0.455. The molecule has 3 N–H and O–H groups in total. The first-order chi connectivity index (χ1) is 8.17. The standard InChI is InChI=1S/C11H12N2O4/c12-4-6-1-2-13-7(3-6)11-10(16)9(15)8(5-14)17-11/h1-3,8-11,14-16H,5H2/t8-,9-,10-,11?/m1/s1. The van der Waals surface area contributed by atoms with Crippen LogP contribution >= 0.6 is 0 Å². The summed E-state index contributed by atoms with van der Waals surface area (Å²) in [6.07, 6.45) is -2.54. The number of aromatic nitrogens is 1. The minimum atomic E-state index is -1.16. The van der Waals surface area contributed by atoms with Crippen LogP contribution in [0.4, 0.5) is 0 Å². The number of nitrogens with zero attached hydrogens (tertiary/aromatic N) is 2. The van der Waals surface area contributed by atoms with E-state index in [9.17, 15) is 10.2 Å². The largest absolute Gasteiger partial charge is 0.394 e. The lowest BCUT2D eigenvalue weighted by atomic mass is 10.0. The van der Waals surface area contributed by atoms with Crippen LogP contribution in [0.2, 0.25) is 0 Å². The van der Waals surface area contributed by atoms with Crippen molar-refractivity contribution in [2.75, 3.05) is 6.61 Å². The molecule has 0 amide bonds. The van der Waals surface area contributed by atoms with Crippen molar-refractivity contribution in [2.24, 2.45) is 0 Å². The second-order valence-electron chi connectivity index (χ2n) is 3.84. The summed E-state index contributed by atoms with van der Waals surface area (Å²) in [5.41, 5.74) is 0.763. The molecule has 6 heteroatoms. The molecule has 1 aliphatic heterocycles. The van der Waals surface area contributed by atoms with Crippen molar-refractivity contribution in [2.45, 2.75) is 24.4 Å². The Kier molecular flexibility index (Phi) is 3.36. The summed E-state index contributed by atoms with van der Waals surface area (Å²) in [6, 6.07) is 4.97. The first-order valence-electron chi connectivity index (χ1n) is 5.16. The average molecular weight is 236 g/mol. The molecule has 17 heavy (non-hydrogen) atoms. The molecule has 1 aliphatic rings. The molecule has 90 valence electrons. The van der Waals surface area contributed by atoms with Gasteiger partial charge in [0.05, 0.1) is 23.9 Å². The van der Waals surface area contributed by atoms with Crippen molar-refractivity contribution >= 4 is 0 Å². The molecule has 0 spiro atoms. The minimum absolute atomic E-state index is 0.367. The van der Waals surface area contributed by atoms with Crippen LogP contribution in [-0.2, 0) is 4.74 Å². The Morgan fingerprint density at radius 1 is 1.41 bits per heavy atom.